The molecule has 0 aliphatic rings. The molecule has 1 unspecified atom stereocenters. The van der Waals surface area contributed by atoms with Crippen molar-refractivity contribution in [1.82, 2.24) is 9.88 Å². The molecule has 2 aromatic rings. The molecule has 21 heavy (non-hydrogen) atoms. The standard InChI is InChI=1S/C14H16N2O5/c1-9(6-7-13(18)19)15-12(17)8-16-10-4-2-3-5-11(10)21-14(16)20/h2-5,9H,6-8H2,1H3,(H,15,17)(H,18,19). The lowest BCUT2D eigenvalue weighted by molar-refractivity contribution is -0.137. The van der Waals surface area contributed by atoms with Gasteiger partial charge >= 0.3 is 11.7 Å². The van der Waals surface area contributed by atoms with Crippen LogP contribution in [0.25, 0.3) is 11.1 Å². The van der Waals surface area contributed by atoms with Gasteiger partial charge in [0.1, 0.15) is 6.54 Å². The van der Waals surface area contributed by atoms with Crippen molar-refractivity contribution in [3.05, 3.63) is 34.8 Å². The van der Waals surface area contributed by atoms with Crippen molar-refractivity contribution in [2.24, 2.45) is 0 Å². The number of hydrogen-bond acceptors (Lipinski definition) is 4. The third kappa shape index (κ3) is 3.71. The lowest BCUT2D eigenvalue weighted by atomic mass is 10.2. The number of aromatic nitrogens is 1. The largest absolute Gasteiger partial charge is 0.481 e. The van der Waals surface area contributed by atoms with Crippen LogP contribution in [0, 0.1) is 0 Å². The number of amides is 1. The number of nitrogens with zero attached hydrogens (tertiary/aromatic N) is 1. The summed E-state index contributed by atoms with van der Waals surface area (Å²) in [6, 6.07) is 6.56. The van der Waals surface area contributed by atoms with E-state index in [-0.39, 0.29) is 24.9 Å². The molecule has 2 rings (SSSR count). The maximum absolute atomic E-state index is 11.9. The van der Waals surface area contributed by atoms with E-state index in [1.807, 2.05) is 0 Å². The van der Waals surface area contributed by atoms with Crippen LogP contribution in [-0.4, -0.2) is 27.6 Å². The van der Waals surface area contributed by atoms with E-state index in [0.29, 0.717) is 17.5 Å². The van der Waals surface area contributed by atoms with Crippen LogP contribution < -0.4 is 11.1 Å². The number of aliphatic carboxylic acids is 1. The van der Waals surface area contributed by atoms with Crippen LogP contribution in [0.2, 0.25) is 0 Å². The number of carboxylic acids is 1. The number of para-hydroxylation sites is 2. The van der Waals surface area contributed by atoms with Crippen molar-refractivity contribution in [3.8, 4) is 0 Å². The fraction of sp³-hybridized carbons (Fsp3) is 0.357. The van der Waals surface area contributed by atoms with Gasteiger partial charge in [-0.1, -0.05) is 12.1 Å². The van der Waals surface area contributed by atoms with Crippen LogP contribution in [0.5, 0.6) is 0 Å². The third-order valence-corrected chi connectivity index (χ3v) is 3.07. The molecule has 0 fully saturated rings. The van der Waals surface area contributed by atoms with E-state index in [1.54, 1.807) is 31.2 Å². The monoisotopic (exact) mass is 292 g/mol. The summed E-state index contributed by atoms with van der Waals surface area (Å²) in [4.78, 5) is 34.1. The molecule has 0 saturated heterocycles. The van der Waals surface area contributed by atoms with Crippen LogP contribution in [0.15, 0.2) is 33.5 Å². The third-order valence-electron chi connectivity index (χ3n) is 3.07. The van der Waals surface area contributed by atoms with Crippen molar-refractivity contribution in [1.29, 1.82) is 0 Å². The molecule has 2 N–H and O–H groups in total. The van der Waals surface area contributed by atoms with Crippen molar-refractivity contribution in [2.75, 3.05) is 0 Å². The number of oxazole rings is 1. The first-order valence-electron chi connectivity index (χ1n) is 6.57. The Morgan fingerprint density at radius 1 is 1.38 bits per heavy atom. The molecule has 1 amide bonds. The first-order chi connectivity index (χ1) is 9.97. The average molecular weight is 292 g/mol. The van der Waals surface area contributed by atoms with Gasteiger partial charge in [0.15, 0.2) is 5.58 Å². The predicted molar refractivity (Wildman–Crippen MR) is 74.9 cm³/mol. The summed E-state index contributed by atoms with van der Waals surface area (Å²) in [7, 11) is 0. The number of carboxylic acid groups (broad SMARTS) is 1. The fourth-order valence-corrected chi connectivity index (χ4v) is 2.04. The fourth-order valence-electron chi connectivity index (χ4n) is 2.04. The van der Waals surface area contributed by atoms with E-state index in [0.717, 1.165) is 0 Å². The van der Waals surface area contributed by atoms with Crippen molar-refractivity contribution >= 4 is 23.0 Å². The lowest BCUT2D eigenvalue weighted by Gasteiger charge is -2.12. The molecule has 0 spiro atoms. The highest BCUT2D eigenvalue weighted by Gasteiger charge is 2.14. The Labute approximate surface area is 120 Å². The van der Waals surface area contributed by atoms with Gasteiger partial charge in [-0.2, -0.15) is 0 Å². The molecule has 1 atom stereocenters. The molecule has 0 saturated carbocycles. The van der Waals surface area contributed by atoms with E-state index in [2.05, 4.69) is 5.32 Å². The van der Waals surface area contributed by atoms with E-state index in [9.17, 15) is 14.4 Å². The van der Waals surface area contributed by atoms with Gasteiger partial charge in [0.25, 0.3) is 0 Å². The predicted octanol–water partition coefficient (Wildman–Crippen LogP) is 0.964. The molecule has 0 radical (unpaired) electrons. The molecule has 1 heterocycles. The van der Waals surface area contributed by atoms with Gasteiger partial charge in [0, 0.05) is 12.5 Å². The average Bonchev–Trinajstić information content (AvgIpc) is 2.73. The minimum absolute atomic E-state index is 0.0178. The summed E-state index contributed by atoms with van der Waals surface area (Å²) in [6.07, 6.45) is 0.318. The minimum atomic E-state index is -0.909. The van der Waals surface area contributed by atoms with Crippen molar-refractivity contribution in [3.63, 3.8) is 0 Å². The Balaban J connectivity index is 2.03. The highest BCUT2D eigenvalue weighted by molar-refractivity contribution is 5.79. The number of benzene rings is 1. The Hall–Kier alpha value is -2.57. The maximum Gasteiger partial charge on any atom is 0.420 e. The second-order valence-corrected chi connectivity index (χ2v) is 4.82. The zero-order valence-electron chi connectivity index (χ0n) is 11.5. The van der Waals surface area contributed by atoms with Crippen LogP contribution in [0.3, 0.4) is 0 Å². The molecular weight excluding hydrogens is 276 g/mol. The molecular formula is C14H16N2O5. The smallest absolute Gasteiger partial charge is 0.420 e. The summed E-state index contributed by atoms with van der Waals surface area (Å²) in [5.41, 5.74) is 0.977. The van der Waals surface area contributed by atoms with E-state index < -0.39 is 11.7 Å². The number of nitrogens with one attached hydrogen (secondary N) is 1. The molecule has 0 aliphatic heterocycles. The van der Waals surface area contributed by atoms with Crippen molar-refractivity contribution < 1.29 is 19.1 Å². The topological polar surface area (TPSA) is 102 Å². The molecule has 1 aromatic carbocycles. The zero-order valence-corrected chi connectivity index (χ0v) is 11.5. The maximum atomic E-state index is 11.9. The SMILES string of the molecule is CC(CCC(=O)O)NC(=O)Cn1c(=O)oc2ccccc21. The number of fused-ring (bicyclic) bond motifs is 1. The van der Waals surface area contributed by atoms with Crippen LogP contribution >= 0.6 is 0 Å². The quantitative estimate of drug-likeness (QED) is 0.826. The minimum Gasteiger partial charge on any atom is -0.481 e. The second kappa shape index (κ2) is 6.25. The van der Waals surface area contributed by atoms with Gasteiger partial charge in [0.05, 0.1) is 5.52 Å². The molecule has 112 valence electrons. The van der Waals surface area contributed by atoms with Gasteiger partial charge < -0.3 is 14.8 Å². The highest BCUT2D eigenvalue weighted by Crippen LogP contribution is 2.11. The molecule has 1 aromatic heterocycles. The first kappa shape index (κ1) is 14.8. The Kier molecular flexibility index (Phi) is 4.42. The van der Waals surface area contributed by atoms with Gasteiger partial charge in [-0.3, -0.25) is 14.2 Å². The van der Waals surface area contributed by atoms with Crippen LogP contribution in [0.1, 0.15) is 19.8 Å². The summed E-state index contributed by atoms with van der Waals surface area (Å²) in [5, 5.41) is 11.2. The Bertz CT molecular complexity index is 715. The van der Waals surface area contributed by atoms with Gasteiger partial charge in [0.2, 0.25) is 5.91 Å². The summed E-state index contributed by atoms with van der Waals surface area (Å²) >= 11 is 0. The van der Waals surface area contributed by atoms with E-state index in [4.69, 9.17) is 9.52 Å². The highest BCUT2D eigenvalue weighted by atomic mass is 16.4. The van der Waals surface area contributed by atoms with E-state index in [1.165, 1.54) is 4.57 Å². The summed E-state index contributed by atoms with van der Waals surface area (Å²) < 4.78 is 6.28. The molecule has 0 bridgehead atoms. The zero-order chi connectivity index (χ0) is 15.4. The molecule has 7 heteroatoms. The molecule has 0 aliphatic carbocycles. The van der Waals surface area contributed by atoms with Gasteiger partial charge in [-0.25, -0.2) is 4.79 Å². The van der Waals surface area contributed by atoms with Gasteiger partial charge in [-0.05, 0) is 25.5 Å². The van der Waals surface area contributed by atoms with Crippen LogP contribution in [-0.2, 0) is 16.1 Å². The second-order valence-electron chi connectivity index (χ2n) is 4.82. The number of carbonyl (C=O) groups excluding carboxylic acids is 1. The Morgan fingerprint density at radius 3 is 2.81 bits per heavy atom. The Morgan fingerprint density at radius 2 is 2.10 bits per heavy atom. The van der Waals surface area contributed by atoms with Gasteiger partial charge in [-0.15, -0.1) is 0 Å². The van der Waals surface area contributed by atoms with Crippen molar-refractivity contribution in [2.45, 2.75) is 32.4 Å². The molecule has 7 nitrogen and oxygen atoms in total. The lowest BCUT2D eigenvalue weighted by Crippen LogP contribution is -2.37. The number of carbonyl (C=O) groups is 2. The number of hydrogen-bond donors (Lipinski definition) is 2. The van der Waals surface area contributed by atoms with E-state index >= 15 is 0 Å². The number of rotatable bonds is 6. The normalized spacial score (nSPS) is 12.2. The first-order valence-corrected chi connectivity index (χ1v) is 6.57. The summed E-state index contributed by atoms with van der Waals surface area (Å²) in [6.45, 7) is 1.56. The van der Waals surface area contributed by atoms with Crippen LogP contribution in [0.4, 0.5) is 0 Å². The summed E-state index contributed by atoms with van der Waals surface area (Å²) in [5.74, 6) is -1.86.